The molecule has 0 spiro atoms. The summed E-state index contributed by atoms with van der Waals surface area (Å²) in [6.07, 6.45) is 2.10. The number of hydrogen-bond donors (Lipinski definition) is 1. The molecule has 0 unspecified atom stereocenters. The number of carboxylic acid groups (broad SMARTS) is 1. The second kappa shape index (κ2) is 6.35. The normalized spacial score (nSPS) is 16.1. The number of aromatic nitrogens is 1. The van der Waals surface area contributed by atoms with Crippen LogP contribution in [-0.2, 0) is 16.1 Å². The molecule has 0 aromatic carbocycles. The second-order valence-corrected chi connectivity index (χ2v) is 6.34. The minimum Gasteiger partial charge on any atom is -0.481 e. The highest BCUT2D eigenvalue weighted by atomic mass is 32.1. The number of carbonyl (C=O) groups is 2. The lowest BCUT2D eigenvalue weighted by atomic mass is 9.92. The van der Waals surface area contributed by atoms with Crippen LogP contribution >= 0.6 is 11.3 Å². The molecule has 0 bridgehead atoms. The Morgan fingerprint density at radius 2 is 2.20 bits per heavy atom. The van der Waals surface area contributed by atoms with Crippen molar-refractivity contribution < 1.29 is 14.7 Å². The van der Waals surface area contributed by atoms with Gasteiger partial charge in [-0.3, -0.25) is 9.59 Å². The quantitative estimate of drug-likeness (QED) is 0.838. The number of carboxylic acids is 1. The zero-order valence-corrected chi connectivity index (χ0v) is 12.6. The van der Waals surface area contributed by atoms with Gasteiger partial charge in [-0.05, 0) is 18.8 Å². The summed E-state index contributed by atoms with van der Waals surface area (Å²) >= 11 is 1.51. The lowest BCUT2D eigenvalue weighted by Gasteiger charge is -2.24. The first kappa shape index (κ1) is 15.0. The average Bonchev–Trinajstić information content (AvgIpc) is 3.09. The molecule has 20 heavy (non-hydrogen) atoms. The van der Waals surface area contributed by atoms with Gasteiger partial charge in [0.25, 0.3) is 0 Å². The first-order valence-electron chi connectivity index (χ1n) is 6.88. The van der Waals surface area contributed by atoms with Gasteiger partial charge in [0.1, 0.15) is 0 Å². The van der Waals surface area contributed by atoms with E-state index >= 15 is 0 Å². The van der Waals surface area contributed by atoms with Crippen molar-refractivity contribution in [2.24, 2.45) is 11.8 Å². The van der Waals surface area contributed by atoms with Crippen molar-refractivity contribution >= 4 is 23.2 Å². The van der Waals surface area contributed by atoms with Gasteiger partial charge in [0.2, 0.25) is 5.91 Å². The minimum atomic E-state index is -0.891. The molecule has 2 rings (SSSR count). The zero-order chi connectivity index (χ0) is 14.7. The number of carbonyl (C=O) groups excluding carboxylic acids is 1. The molecular formula is C14H20N2O3S. The molecule has 0 radical (unpaired) electrons. The van der Waals surface area contributed by atoms with E-state index in [0.29, 0.717) is 6.54 Å². The largest absolute Gasteiger partial charge is 0.481 e. The third-order valence-corrected chi connectivity index (χ3v) is 4.28. The molecule has 1 aliphatic rings. The zero-order valence-electron chi connectivity index (χ0n) is 11.8. The fraction of sp³-hybridized carbons (Fsp3) is 0.643. The molecule has 1 amide bonds. The van der Waals surface area contributed by atoms with Crippen molar-refractivity contribution in [2.75, 3.05) is 0 Å². The molecule has 1 N–H and O–H groups in total. The van der Waals surface area contributed by atoms with Crippen molar-refractivity contribution in [1.82, 2.24) is 9.88 Å². The molecule has 1 fully saturated rings. The molecule has 0 aliphatic heterocycles. The lowest BCUT2D eigenvalue weighted by Crippen LogP contribution is -2.36. The molecule has 5 nitrogen and oxygen atoms in total. The van der Waals surface area contributed by atoms with Crippen LogP contribution in [0.3, 0.4) is 0 Å². The Kier molecular flexibility index (Phi) is 4.75. The molecule has 1 heterocycles. The first-order valence-corrected chi connectivity index (χ1v) is 7.82. The predicted molar refractivity (Wildman–Crippen MR) is 76.3 cm³/mol. The van der Waals surface area contributed by atoms with Gasteiger partial charge in [0, 0.05) is 17.8 Å². The van der Waals surface area contributed by atoms with Crippen molar-refractivity contribution in [2.45, 2.75) is 45.7 Å². The van der Waals surface area contributed by atoms with Gasteiger partial charge >= 0.3 is 5.97 Å². The SMILES string of the molecule is CC(C)[C@H](CC(=O)N(Cc1cscn1)C1CC1)C(=O)O. The highest BCUT2D eigenvalue weighted by molar-refractivity contribution is 7.07. The number of thiazole rings is 1. The molecule has 110 valence electrons. The Labute approximate surface area is 122 Å². The molecule has 0 saturated heterocycles. The van der Waals surface area contributed by atoms with Gasteiger partial charge in [-0.2, -0.15) is 0 Å². The van der Waals surface area contributed by atoms with Crippen LogP contribution < -0.4 is 0 Å². The summed E-state index contributed by atoms with van der Waals surface area (Å²) in [5, 5.41) is 11.1. The molecular weight excluding hydrogens is 276 g/mol. The summed E-state index contributed by atoms with van der Waals surface area (Å²) in [7, 11) is 0. The lowest BCUT2D eigenvalue weighted by molar-refractivity contribution is -0.148. The van der Waals surface area contributed by atoms with E-state index < -0.39 is 11.9 Å². The van der Waals surface area contributed by atoms with Crippen LogP contribution in [0.1, 0.15) is 38.8 Å². The highest BCUT2D eigenvalue weighted by Crippen LogP contribution is 2.30. The molecule has 1 aromatic heterocycles. The van der Waals surface area contributed by atoms with Gasteiger partial charge in [0.05, 0.1) is 23.7 Å². The standard InChI is InChI=1S/C14H20N2O3S/c1-9(2)12(14(18)19)5-13(17)16(11-3-4-11)6-10-7-20-8-15-10/h7-9,11-12H,3-6H2,1-2H3,(H,18,19)/t12-/m0/s1. The monoisotopic (exact) mass is 296 g/mol. The second-order valence-electron chi connectivity index (χ2n) is 5.63. The van der Waals surface area contributed by atoms with Crippen molar-refractivity contribution in [3.8, 4) is 0 Å². The van der Waals surface area contributed by atoms with Crippen LogP contribution in [0.2, 0.25) is 0 Å². The van der Waals surface area contributed by atoms with E-state index in [2.05, 4.69) is 4.98 Å². The van der Waals surface area contributed by atoms with E-state index in [0.717, 1.165) is 18.5 Å². The summed E-state index contributed by atoms with van der Waals surface area (Å²) in [6.45, 7) is 4.18. The fourth-order valence-electron chi connectivity index (χ4n) is 2.21. The number of nitrogens with zero attached hydrogens (tertiary/aromatic N) is 2. The van der Waals surface area contributed by atoms with E-state index in [1.165, 1.54) is 11.3 Å². The first-order chi connectivity index (χ1) is 9.49. The number of aliphatic carboxylic acids is 1. The molecule has 1 saturated carbocycles. The van der Waals surface area contributed by atoms with Crippen LogP contribution in [0.15, 0.2) is 10.9 Å². The maximum Gasteiger partial charge on any atom is 0.307 e. The summed E-state index contributed by atoms with van der Waals surface area (Å²) < 4.78 is 0. The van der Waals surface area contributed by atoms with Crippen LogP contribution in [0, 0.1) is 11.8 Å². The number of hydrogen-bond acceptors (Lipinski definition) is 4. The Morgan fingerprint density at radius 3 is 2.65 bits per heavy atom. The van der Waals surface area contributed by atoms with Gasteiger partial charge in [-0.15, -0.1) is 11.3 Å². The van der Waals surface area contributed by atoms with Gasteiger partial charge in [0.15, 0.2) is 0 Å². The van der Waals surface area contributed by atoms with Gasteiger partial charge in [-0.25, -0.2) is 4.98 Å². The highest BCUT2D eigenvalue weighted by Gasteiger charge is 2.35. The smallest absolute Gasteiger partial charge is 0.307 e. The summed E-state index contributed by atoms with van der Waals surface area (Å²) in [5.74, 6) is -1.62. The van der Waals surface area contributed by atoms with Crippen molar-refractivity contribution in [3.05, 3.63) is 16.6 Å². The third kappa shape index (κ3) is 3.79. The van der Waals surface area contributed by atoms with E-state index in [9.17, 15) is 14.7 Å². The Bertz CT molecular complexity index is 469. The molecule has 1 atom stereocenters. The Balaban J connectivity index is 2.01. The van der Waals surface area contributed by atoms with Gasteiger partial charge < -0.3 is 10.0 Å². The van der Waals surface area contributed by atoms with Crippen molar-refractivity contribution in [1.29, 1.82) is 0 Å². The fourth-order valence-corrected chi connectivity index (χ4v) is 2.76. The van der Waals surface area contributed by atoms with E-state index in [1.54, 1.807) is 10.4 Å². The third-order valence-electron chi connectivity index (χ3n) is 3.64. The van der Waals surface area contributed by atoms with Crippen LogP contribution in [0.4, 0.5) is 0 Å². The van der Waals surface area contributed by atoms with Crippen LogP contribution in [-0.4, -0.2) is 32.9 Å². The molecule has 1 aliphatic carbocycles. The molecule has 6 heteroatoms. The molecule has 1 aromatic rings. The van der Waals surface area contributed by atoms with E-state index in [-0.39, 0.29) is 24.3 Å². The summed E-state index contributed by atoms with van der Waals surface area (Å²) in [4.78, 5) is 29.6. The average molecular weight is 296 g/mol. The van der Waals surface area contributed by atoms with E-state index in [4.69, 9.17) is 0 Å². The summed E-state index contributed by atoms with van der Waals surface area (Å²) in [5.41, 5.74) is 2.63. The Hall–Kier alpha value is -1.43. The van der Waals surface area contributed by atoms with Crippen LogP contribution in [0.5, 0.6) is 0 Å². The number of amides is 1. The van der Waals surface area contributed by atoms with Gasteiger partial charge in [-0.1, -0.05) is 13.8 Å². The predicted octanol–water partition coefficient (Wildman–Crippen LogP) is 2.38. The number of rotatable bonds is 7. The minimum absolute atomic E-state index is 0.0447. The summed E-state index contributed by atoms with van der Waals surface area (Å²) in [6, 6.07) is 0.269. The van der Waals surface area contributed by atoms with Crippen LogP contribution in [0.25, 0.3) is 0 Å². The maximum atomic E-state index is 12.4. The topological polar surface area (TPSA) is 70.5 Å². The maximum absolute atomic E-state index is 12.4. The van der Waals surface area contributed by atoms with Crippen molar-refractivity contribution in [3.63, 3.8) is 0 Å². The van der Waals surface area contributed by atoms with E-state index in [1.807, 2.05) is 19.2 Å². The Morgan fingerprint density at radius 1 is 1.50 bits per heavy atom.